The van der Waals surface area contributed by atoms with Gasteiger partial charge in [0, 0.05) is 0 Å². The molecule has 6 nitrogen and oxygen atoms in total. The molecule has 8 heteroatoms. The Kier molecular flexibility index (Phi) is 6.51. The smallest absolute Gasteiger partial charge is 0.283 e. The predicted molar refractivity (Wildman–Crippen MR) is 123 cm³/mol. The lowest BCUT2D eigenvalue weighted by Crippen LogP contribution is -2.33. The third-order valence-corrected chi connectivity index (χ3v) is 5.64. The average Bonchev–Trinajstić information content (AvgIpc) is 3.43. The Bertz CT molecular complexity index is 1160. The van der Waals surface area contributed by atoms with E-state index in [1.54, 1.807) is 24.5 Å². The van der Waals surface area contributed by atoms with Gasteiger partial charge in [0.2, 0.25) is 5.91 Å². The van der Waals surface area contributed by atoms with Gasteiger partial charge in [0.1, 0.15) is 17.3 Å². The fraction of sp³-hybridized carbons (Fsp3) is 0.125. The van der Waals surface area contributed by atoms with E-state index in [-0.39, 0.29) is 29.3 Å². The molecule has 3 aromatic rings. The molecule has 2 heterocycles. The van der Waals surface area contributed by atoms with E-state index >= 15 is 0 Å². The lowest BCUT2D eigenvalue weighted by atomic mass is 10.2. The number of carbonyl (C=O) groups is 2. The number of benzene rings is 2. The lowest BCUT2D eigenvalue weighted by Gasteiger charge is -2.18. The molecule has 32 heavy (non-hydrogen) atoms. The van der Waals surface area contributed by atoms with Crippen LogP contribution in [0, 0.1) is 5.82 Å². The Balaban J connectivity index is 1.53. The summed E-state index contributed by atoms with van der Waals surface area (Å²) in [6, 6.07) is 18.2. The van der Waals surface area contributed by atoms with Crippen LogP contribution < -0.4 is 10.2 Å². The molecule has 2 aromatic carbocycles. The van der Waals surface area contributed by atoms with Gasteiger partial charge in [-0.1, -0.05) is 42.1 Å². The van der Waals surface area contributed by atoms with Crippen LogP contribution in [0.2, 0.25) is 0 Å². The minimum atomic E-state index is -0.405. The maximum atomic E-state index is 13.4. The molecule has 1 N–H and O–H groups in total. The van der Waals surface area contributed by atoms with Crippen LogP contribution in [0.15, 0.2) is 88.1 Å². The monoisotopic (exact) mass is 449 g/mol. The molecule has 1 aromatic heterocycles. The van der Waals surface area contributed by atoms with Crippen molar-refractivity contribution in [2.75, 3.05) is 10.7 Å². The SMILES string of the molecule is CC(NC(=O)CSC1=N/C(=C\c2ccccc2)C(=O)N1c1ccc(F)cc1)c1ccco1. The van der Waals surface area contributed by atoms with E-state index in [1.165, 1.54) is 29.2 Å². The van der Waals surface area contributed by atoms with Crippen molar-refractivity contribution in [1.82, 2.24) is 5.32 Å². The molecule has 4 rings (SSSR count). The van der Waals surface area contributed by atoms with E-state index in [0.717, 1.165) is 17.3 Å². The molecule has 0 bridgehead atoms. The summed E-state index contributed by atoms with van der Waals surface area (Å²) in [5.74, 6) is -0.274. The van der Waals surface area contributed by atoms with Gasteiger partial charge in [-0.2, -0.15) is 0 Å². The van der Waals surface area contributed by atoms with E-state index in [0.29, 0.717) is 16.6 Å². The van der Waals surface area contributed by atoms with Crippen LogP contribution in [0.25, 0.3) is 6.08 Å². The highest BCUT2D eigenvalue weighted by molar-refractivity contribution is 8.14. The van der Waals surface area contributed by atoms with Crippen molar-refractivity contribution in [3.05, 3.63) is 95.8 Å². The Morgan fingerprint density at radius 3 is 2.59 bits per heavy atom. The summed E-state index contributed by atoms with van der Waals surface area (Å²) in [5.41, 5.74) is 1.55. The maximum absolute atomic E-state index is 13.4. The first kappa shape index (κ1) is 21.6. The summed E-state index contributed by atoms with van der Waals surface area (Å²) in [7, 11) is 0. The Morgan fingerprint density at radius 2 is 1.91 bits per heavy atom. The van der Waals surface area contributed by atoms with E-state index in [4.69, 9.17) is 4.42 Å². The first-order valence-electron chi connectivity index (χ1n) is 9.92. The molecule has 0 spiro atoms. The Hall–Kier alpha value is -3.65. The molecule has 1 unspecified atom stereocenters. The van der Waals surface area contributed by atoms with Gasteiger partial charge in [0.25, 0.3) is 5.91 Å². The standard InChI is InChI=1S/C24H20FN3O3S/c1-16(21-8-5-13-31-21)26-22(29)15-32-24-27-20(14-17-6-3-2-4-7-17)23(30)28(24)19-11-9-18(25)10-12-19/h2-14,16H,15H2,1H3,(H,26,29)/b20-14-. The Morgan fingerprint density at radius 1 is 1.16 bits per heavy atom. The van der Waals surface area contributed by atoms with Crippen LogP contribution in [-0.2, 0) is 9.59 Å². The van der Waals surface area contributed by atoms with Gasteiger partial charge < -0.3 is 9.73 Å². The summed E-state index contributed by atoms with van der Waals surface area (Å²) in [6.07, 6.45) is 3.23. The van der Waals surface area contributed by atoms with Crippen LogP contribution in [0.1, 0.15) is 24.3 Å². The molecule has 0 saturated heterocycles. The number of thioether (sulfide) groups is 1. The number of aliphatic imine (C=N–C) groups is 1. The number of nitrogens with zero attached hydrogens (tertiary/aromatic N) is 2. The number of hydrogen-bond donors (Lipinski definition) is 1. The Labute approximate surface area is 188 Å². The van der Waals surface area contributed by atoms with Crippen molar-refractivity contribution in [1.29, 1.82) is 0 Å². The van der Waals surface area contributed by atoms with Gasteiger partial charge in [-0.25, -0.2) is 9.38 Å². The molecule has 2 amide bonds. The van der Waals surface area contributed by atoms with E-state index < -0.39 is 5.82 Å². The third-order valence-electron chi connectivity index (χ3n) is 4.70. The molecule has 1 aliphatic rings. The molecule has 1 atom stereocenters. The molecular weight excluding hydrogens is 429 g/mol. The van der Waals surface area contributed by atoms with Crippen molar-refractivity contribution >= 4 is 40.5 Å². The number of rotatable bonds is 6. The van der Waals surface area contributed by atoms with Crippen LogP contribution in [0.4, 0.5) is 10.1 Å². The first-order valence-corrected chi connectivity index (χ1v) is 10.9. The zero-order valence-corrected chi connectivity index (χ0v) is 18.0. The second kappa shape index (κ2) is 9.65. The highest BCUT2D eigenvalue weighted by Gasteiger charge is 2.32. The number of halogens is 1. The minimum Gasteiger partial charge on any atom is -0.467 e. The number of carbonyl (C=O) groups excluding carboxylic acids is 2. The van der Waals surface area contributed by atoms with Gasteiger partial charge in [-0.3, -0.25) is 14.5 Å². The van der Waals surface area contributed by atoms with Gasteiger partial charge >= 0.3 is 0 Å². The van der Waals surface area contributed by atoms with Crippen LogP contribution in [-0.4, -0.2) is 22.7 Å². The van der Waals surface area contributed by atoms with Crippen molar-refractivity contribution in [3.8, 4) is 0 Å². The van der Waals surface area contributed by atoms with E-state index in [9.17, 15) is 14.0 Å². The lowest BCUT2D eigenvalue weighted by molar-refractivity contribution is -0.119. The number of furan rings is 1. The second-order valence-corrected chi connectivity index (χ2v) is 7.99. The summed E-state index contributed by atoms with van der Waals surface area (Å²) in [6.45, 7) is 1.82. The van der Waals surface area contributed by atoms with Crippen LogP contribution >= 0.6 is 11.8 Å². The first-order chi connectivity index (χ1) is 15.5. The topological polar surface area (TPSA) is 74.9 Å². The quantitative estimate of drug-likeness (QED) is 0.550. The van der Waals surface area contributed by atoms with Crippen molar-refractivity contribution in [3.63, 3.8) is 0 Å². The number of nitrogens with one attached hydrogen (secondary N) is 1. The number of amides is 2. The second-order valence-electron chi connectivity index (χ2n) is 7.04. The van der Waals surface area contributed by atoms with Gasteiger partial charge in [-0.05, 0) is 55.0 Å². The van der Waals surface area contributed by atoms with Crippen molar-refractivity contribution < 1.29 is 18.4 Å². The molecule has 0 fully saturated rings. The normalized spacial score (nSPS) is 15.7. The van der Waals surface area contributed by atoms with Crippen LogP contribution in [0.3, 0.4) is 0 Å². The average molecular weight is 450 g/mol. The zero-order valence-electron chi connectivity index (χ0n) is 17.2. The number of hydrogen-bond acceptors (Lipinski definition) is 5. The largest absolute Gasteiger partial charge is 0.467 e. The summed E-state index contributed by atoms with van der Waals surface area (Å²) >= 11 is 1.13. The number of anilines is 1. The van der Waals surface area contributed by atoms with E-state index in [2.05, 4.69) is 10.3 Å². The van der Waals surface area contributed by atoms with Crippen molar-refractivity contribution in [2.45, 2.75) is 13.0 Å². The van der Waals surface area contributed by atoms with E-state index in [1.807, 2.05) is 37.3 Å². The predicted octanol–water partition coefficient (Wildman–Crippen LogP) is 4.77. The third kappa shape index (κ3) is 4.97. The molecule has 162 valence electrons. The summed E-state index contributed by atoms with van der Waals surface area (Å²) < 4.78 is 18.7. The van der Waals surface area contributed by atoms with Crippen LogP contribution in [0.5, 0.6) is 0 Å². The summed E-state index contributed by atoms with van der Waals surface area (Å²) in [4.78, 5) is 31.4. The maximum Gasteiger partial charge on any atom is 0.283 e. The highest BCUT2D eigenvalue weighted by atomic mass is 32.2. The molecule has 1 aliphatic heterocycles. The molecule has 0 aliphatic carbocycles. The number of amidine groups is 1. The van der Waals surface area contributed by atoms with Crippen molar-refractivity contribution in [2.24, 2.45) is 4.99 Å². The highest BCUT2D eigenvalue weighted by Crippen LogP contribution is 2.29. The van der Waals surface area contributed by atoms with Gasteiger partial charge in [0.15, 0.2) is 5.17 Å². The fourth-order valence-electron chi connectivity index (χ4n) is 3.14. The van der Waals surface area contributed by atoms with Gasteiger partial charge in [-0.15, -0.1) is 0 Å². The molecular formula is C24H20FN3O3S. The fourth-order valence-corrected chi connectivity index (χ4v) is 3.96. The molecule has 0 saturated carbocycles. The summed E-state index contributed by atoms with van der Waals surface area (Å²) in [5, 5.41) is 3.21. The zero-order chi connectivity index (χ0) is 22.5. The molecule has 0 radical (unpaired) electrons. The minimum absolute atomic E-state index is 0.0491. The van der Waals surface area contributed by atoms with Gasteiger partial charge in [0.05, 0.1) is 23.7 Å².